The lowest BCUT2D eigenvalue weighted by Gasteiger charge is -2.33. The van der Waals surface area contributed by atoms with Crippen LogP contribution in [0.25, 0.3) is 0 Å². The minimum absolute atomic E-state index is 0.0554. The SMILES string of the molecule is CC(=O)N(CCC(=O)N1CCN(C)CC1)CC(C)C. The molecule has 1 aliphatic heterocycles. The minimum atomic E-state index is 0.0554. The van der Waals surface area contributed by atoms with E-state index in [1.807, 2.05) is 4.90 Å². The summed E-state index contributed by atoms with van der Waals surface area (Å²) in [5.74, 6) is 0.658. The summed E-state index contributed by atoms with van der Waals surface area (Å²) < 4.78 is 0. The van der Waals surface area contributed by atoms with Gasteiger partial charge in [0.05, 0.1) is 0 Å². The fourth-order valence-corrected chi connectivity index (χ4v) is 2.26. The molecule has 0 radical (unpaired) electrons. The Morgan fingerprint density at radius 3 is 2.21 bits per heavy atom. The average molecular weight is 269 g/mol. The van der Waals surface area contributed by atoms with Crippen molar-refractivity contribution in [2.45, 2.75) is 27.2 Å². The first-order valence-corrected chi connectivity index (χ1v) is 7.12. The van der Waals surface area contributed by atoms with Crippen LogP contribution in [-0.2, 0) is 9.59 Å². The Bertz CT molecular complexity index is 310. The summed E-state index contributed by atoms with van der Waals surface area (Å²) in [6, 6.07) is 0. The molecule has 1 heterocycles. The van der Waals surface area contributed by atoms with Crippen LogP contribution in [0.3, 0.4) is 0 Å². The second-order valence-electron chi connectivity index (χ2n) is 5.79. The predicted octanol–water partition coefficient (Wildman–Crippen LogP) is 0.655. The monoisotopic (exact) mass is 269 g/mol. The van der Waals surface area contributed by atoms with E-state index in [-0.39, 0.29) is 11.8 Å². The summed E-state index contributed by atoms with van der Waals surface area (Å²) in [6.45, 7) is 10.5. The highest BCUT2D eigenvalue weighted by Crippen LogP contribution is 2.05. The molecule has 0 aliphatic carbocycles. The van der Waals surface area contributed by atoms with Gasteiger partial charge in [-0.15, -0.1) is 0 Å². The van der Waals surface area contributed by atoms with Gasteiger partial charge in [0, 0.05) is 52.6 Å². The molecule has 0 spiro atoms. The van der Waals surface area contributed by atoms with Gasteiger partial charge < -0.3 is 14.7 Å². The number of hydrogen-bond acceptors (Lipinski definition) is 3. The van der Waals surface area contributed by atoms with Crippen molar-refractivity contribution in [1.82, 2.24) is 14.7 Å². The minimum Gasteiger partial charge on any atom is -0.342 e. The highest BCUT2D eigenvalue weighted by atomic mass is 16.2. The molecule has 1 fully saturated rings. The molecule has 0 aromatic heterocycles. The van der Waals surface area contributed by atoms with Gasteiger partial charge in [-0.25, -0.2) is 0 Å². The number of amides is 2. The molecule has 0 saturated carbocycles. The molecule has 1 saturated heterocycles. The zero-order chi connectivity index (χ0) is 14.4. The lowest BCUT2D eigenvalue weighted by molar-refractivity contribution is -0.134. The Labute approximate surface area is 116 Å². The van der Waals surface area contributed by atoms with Gasteiger partial charge in [-0.05, 0) is 13.0 Å². The zero-order valence-electron chi connectivity index (χ0n) is 12.7. The van der Waals surface area contributed by atoms with Crippen LogP contribution in [0.15, 0.2) is 0 Å². The maximum Gasteiger partial charge on any atom is 0.224 e. The molecule has 0 aromatic rings. The predicted molar refractivity (Wildman–Crippen MR) is 75.8 cm³/mol. The highest BCUT2D eigenvalue weighted by molar-refractivity contribution is 5.78. The molecule has 0 bridgehead atoms. The Balaban J connectivity index is 2.37. The molecule has 0 unspecified atom stereocenters. The van der Waals surface area contributed by atoms with Crippen LogP contribution in [-0.4, -0.2) is 72.8 Å². The van der Waals surface area contributed by atoms with Gasteiger partial charge in [0.1, 0.15) is 0 Å². The number of likely N-dealkylation sites (N-methyl/N-ethyl adjacent to an activating group) is 1. The van der Waals surface area contributed by atoms with E-state index in [9.17, 15) is 9.59 Å². The summed E-state index contributed by atoms with van der Waals surface area (Å²) in [4.78, 5) is 29.5. The standard InChI is InChI=1S/C14H27N3O2/c1-12(2)11-17(13(3)18)6-5-14(19)16-9-7-15(4)8-10-16/h12H,5-11H2,1-4H3. The summed E-state index contributed by atoms with van der Waals surface area (Å²) in [5.41, 5.74) is 0. The fourth-order valence-electron chi connectivity index (χ4n) is 2.26. The first-order chi connectivity index (χ1) is 8.90. The van der Waals surface area contributed by atoms with Crippen molar-refractivity contribution in [2.24, 2.45) is 5.92 Å². The van der Waals surface area contributed by atoms with Crippen molar-refractivity contribution < 1.29 is 9.59 Å². The molecule has 19 heavy (non-hydrogen) atoms. The van der Waals surface area contributed by atoms with E-state index >= 15 is 0 Å². The second-order valence-corrected chi connectivity index (χ2v) is 5.79. The van der Waals surface area contributed by atoms with Gasteiger partial charge in [-0.3, -0.25) is 9.59 Å². The first kappa shape index (κ1) is 16.0. The van der Waals surface area contributed by atoms with Crippen molar-refractivity contribution in [3.05, 3.63) is 0 Å². The smallest absolute Gasteiger partial charge is 0.224 e. The summed E-state index contributed by atoms with van der Waals surface area (Å²) in [6.07, 6.45) is 0.440. The van der Waals surface area contributed by atoms with E-state index in [0.717, 1.165) is 32.7 Å². The van der Waals surface area contributed by atoms with Crippen molar-refractivity contribution >= 4 is 11.8 Å². The Hall–Kier alpha value is -1.10. The van der Waals surface area contributed by atoms with Gasteiger partial charge in [-0.1, -0.05) is 13.8 Å². The van der Waals surface area contributed by atoms with E-state index in [1.54, 1.807) is 11.8 Å². The van der Waals surface area contributed by atoms with E-state index in [0.29, 0.717) is 18.9 Å². The van der Waals surface area contributed by atoms with Crippen LogP contribution in [0.1, 0.15) is 27.2 Å². The van der Waals surface area contributed by atoms with E-state index in [1.165, 1.54) is 0 Å². The van der Waals surface area contributed by atoms with Gasteiger partial charge in [0.2, 0.25) is 11.8 Å². The van der Waals surface area contributed by atoms with Gasteiger partial charge in [-0.2, -0.15) is 0 Å². The van der Waals surface area contributed by atoms with Crippen molar-refractivity contribution in [1.29, 1.82) is 0 Å². The third-order valence-electron chi connectivity index (χ3n) is 3.48. The van der Waals surface area contributed by atoms with E-state index in [4.69, 9.17) is 0 Å². The first-order valence-electron chi connectivity index (χ1n) is 7.12. The molecule has 0 N–H and O–H groups in total. The van der Waals surface area contributed by atoms with E-state index < -0.39 is 0 Å². The van der Waals surface area contributed by atoms with Crippen LogP contribution in [0.2, 0.25) is 0 Å². The van der Waals surface area contributed by atoms with Crippen LogP contribution >= 0.6 is 0 Å². The number of carbonyl (C=O) groups is 2. The summed E-state index contributed by atoms with van der Waals surface area (Å²) >= 11 is 0. The largest absolute Gasteiger partial charge is 0.342 e. The summed E-state index contributed by atoms with van der Waals surface area (Å²) in [7, 11) is 2.07. The van der Waals surface area contributed by atoms with Crippen molar-refractivity contribution in [2.75, 3.05) is 46.3 Å². The zero-order valence-corrected chi connectivity index (χ0v) is 12.7. The van der Waals surface area contributed by atoms with Crippen LogP contribution < -0.4 is 0 Å². The average Bonchev–Trinajstić information content (AvgIpc) is 2.34. The maximum atomic E-state index is 12.1. The van der Waals surface area contributed by atoms with Crippen LogP contribution in [0.4, 0.5) is 0 Å². The molecule has 1 rings (SSSR count). The van der Waals surface area contributed by atoms with Crippen molar-refractivity contribution in [3.63, 3.8) is 0 Å². The van der Waals surface area contributed by atoms with E-state index in [2.05, 4.69) is 25.8 Å². The molecule has 2 amide bonds. The Kier molecular flexibility index (Phi) is 6.28. The van der Waals surface area contributed by atoms with Gasteiger partial charge in [0.25, 0.3) is 0 Å². The molecule has 0 aromatic carbocycles. The third kappa shape index (κ3) is 5.59. The van der Waals surface area contributed by atoms with Gasteiger partial charge in [0.15, 0.2) is 0 Å². The number of hydrogen-bond donors (Lipinski definition) is 0. The number of carbonyl (C=O) groups excluding carboxylic acids is 2. The van der Waals surface area contributed by atoms with Crippen molar-refractivity contribution in [3.8, 4) is 0 Å². The molecule has 5 nitrogen and oxygen atoms in total. The molecular formula is C14H27N3O2. The second kappa shape index (κ2) is 7.48. The number of nitrogens with zero attached hydrogens (tertiary/aromatic N) is 3. The molecule has 0 atom stereocenters. The molecule has 1 aliphatic rings. The molecular weight excluding hydrogens is 242 g/mol. The summed E-state index contributed by atoms with van der Waals surface area (Å²) in [5, 5.41) is 0. The van der Waals surface area contributed by atoms with Gasteiger partial charge >= 0.3 is 0 Å². The molecule has 5 heteroatoms. The Morgan fingerprint density at radius 1 is 1.16 bits per heavy atom. The quantitative estimate of drug-likeness (QED) is 0.736. The maximum absolute atomic E-state index is 12.1. The molecule has 110 valence electrons. The Morgan fingerprint density at radius 2 is 1.74 bits per heavy atom. The normalized spacial score (nSPS) is 16.8. The number of rotatable bonds is 5. The van der Waals surface area contributed by atoms with Crippen LogP contribution in [0, 0.1) is 5.92 Å². The fraction of sp³-hybridized carbons (Fsp3) is 0.857. The topological polar surface area (TPSA) is 43.9 Å². The lowest BCUT2D eigenvalue weighted by atomic mass is 10.2. The highest BCUT2D eigenvalue weighted by Gasteiger charge is 2.20. The number of piperazine rings is 1. The lowest BCUT2D eigenvalue weighted by Crippen LogP contribution is -2.48. The third-order valence-corrected chi connectivity index (χ3v) is 3.48. The van der Waals surface area contributed by atoms with Crippen LogP contribution in [0.5, 0.6) is 0 Å².